The first-order valence-corrected chi connectivity index (χ1v) is 4.65. The average molecular weight is 311 g/mol. The highest BCUT2D eigenvalue weighted by molar-refractivity contribution is 9.11. The van der Waals surface area contributed by atoms with Crippen molar-refractivity contribution in [2.24, 2.45) is 0 Å². The van der Waals surface area contributed by atoms with Crippen LogP contribution in [0.1, 0.15) is 10.4 Å². The number of carbonyl (C=O) groups is 1. The van der Waals surface area contributed by atoms with E-state index in [1.807, 2.05) is 0 Å². The Balaban J connectivity index is 3.56. The average Bonchev–Trinajstić information content (AvgIpc) is 2.01. The Kier molecular flexibility index (Phi) is 2.82. The number of phenolic OH excluding ortho intramolecular Hbond substituents is 1. The van der Waals surface area contributed by atoms with Crippen LogP contribution in [0.5, 0.6) is 11.5 Å². The second-order valence-electron chi connectivity index (χ2n) is 2.20. The molecule has 0 unspecified atom stereocenters. The van der Waals surface area contributed by atoms with Crippen molar-refractivity contribution in [2.45, 2.75) is 0 Å². The minimum atomic E-state index is -1.29. The summed E-state index contributed by atoms with van der Waals surface area (Å²) >= 11 is 5.70. The Morgan fingerprint density at radius 1 is 1.38 bits per heavy atom. The highest BCUT2D eigenvalue weighted by Gasteiger charge is 2.16. The Morgan fingerprint density at radius 2 is 1.92 bits per heavy atom. The van der Waals surface area contributed by atoms with Gasteiger partial charge in [-0.1, -0.05) is 21.7 Å². The van der Waals surface area contributed by atoms with Crippen LogP contribution in [0.4, 0.5) is 0 Å². The lowest BCUT2D eigenvalue weighted by Crippen LogP contribution is -2.03. The zero-order chi connectivity index (χ0) is 10.2. The first kappa shape index (κ1) is 10.3. The molecule has 1 rings (SSSR count). The van der Waals surface area contributed by atoms with Crippen LogP contribution in [0, 0.1) is 0 Å². The molecule has 0 fully saturated rings. The summed E-state index contributed by atoms with van der Waals surface area (Å²) in [5, 5.41) is 28.8. The number of aromatic hydroxyl groups is 1. The maximum absolute atomic E-state index is 11.0. The first-order valence-electron chi connectivity index (χ1n) is 3.06. The highest BCUT2D eigenvalue weighted by Crippen LogP contribution is 2.38. The molecule has 1 aromatic carbocycles. The van der Waals surface area contributed by atoms with Gasteiger partial charge in [-0.25, -0.2) is 4.79 Å². The zero-order valence-corrected chi connectivity index (χ0v) is 9.22. The summed E-state index contributed by atoms with van der Waals surface area (Å²) in [5.41, 5.74) is -0.273. The fraction of sp³-hybridized carbons (Fsp3) is 0. The molecule has 70 valence electrons. The molecule has 0 aliphatic rings. The van der Waals surface area contributed by atoms with E-state index >= 15 is 0 Å². The molecule has 0 spiro atoms. The minimum absolute atomic E-state index is 0.00789. The predicted molar refractivity (Wildman–Crippen MR) is 49.9 cm³/mol. The highest BCUT2D eigenvalue weighted by atomic mass is 79.9. The number of halogens is 2. The van der Waals surface area contributed by atoms with Crippen molar-refractivity contribution in [3.63, 3.8) is 0 Å². The lowest BCUT2D eigenvalue weighted by Gasteiger charge is -2.13. The SMILES string of the molecule is O=C(O)c1c(Br)c([O-])cc(O)c1Br. The fourth-order valence-electron chi connectivity index (χ4n) is 0.786. The van der Waals surface area contributed by atoms with E-state index in [2.05, 4.69) is 31.9 Å². The normalized spacial score (nSPS) is 10.0. The fourth-order valence-corrected chi connectivity index (χ4v) is 2.02. The van der Waals surface area contributed by atoms with E-state index in [9.17, 15) is 9.90 Å². The van der Waals surface area contributed by atoms with Crippen LogP contribution in [-0.2, 0) is 0 Å². The van der Waals surface area contributed by atoms with Crippen molar-refractivity contribution < 1.29 is 20.1 Å². The van der Waals surface area contributed by atoms with E-state index in [-0.39, 0.29) is 20.3 Å². The van der Waals surface area contributed by atoms with Crippen molar-refractivity contribution in [1.82, 2.24) is 0 Å². The van der Waals surface area contributed by atoms with Crippen LogP contribution >= 0.6 is 31.9 Å². The molecule has 0 radical (unpaired) electrons. The van der Waals surface area contributed by atoms with Crippen molar-refractivity contribution in [3.8, 4) is 11.5 Å². The standard InChI is InChI=1S/C7H4Br2O4/c8-5-2(10)1-3(11)6(9)4(5)7(12)13/h1,10-11H,(H,12,13)/p-1. The molecule has 0 aliphatic heterocycles. The number of carboxylic acid groups (broad SMARTS) is 1. The van der Waals surface area contributed by atoms with Crippen LogP contribution in [0.15, 0.2) is 15.0 Å². The minimum Gasteiger partial charge on any atom is -0.872 e. The summed E-state index contributed by atoms with van der Waals surface area (Å²) in [4.78, 5) is 10.6. The summed E-state index contributed by atoms with van der Waals surface area (Å²) < 4.78 is -0.0869. The molecule has 4 nitrogen and oxygen atoms in total. The third-order valence-electron chi connectivity index (χ3n) is 1.36. The molecule has 1 aromatic rings. The van der Waals surface area contributed by atoms with E-state index < -0.39 is 11.7 Å². The second-order valence-corrected chi connectivity index (χ2v) is 3.79. The van der Waals surface area contributed by atoms with Gasteiger partial charge in [-0.05, 0) is 22.0 Å². The Hall–Kier alpha value is -0.750. The maximum Gasteiger partial charge on any atom is 0.338 e. The van der Waals surface area contributed by atoms with Gasteiger partial charge in [0, 0.05) is 4.47 Å². The Morgan fingerprint density at radius 3 is 2.38 bits per heavy atom. The van der Waals surface area contributed by atoms with Gasteiger partial charge in [0.05, 0.1) is 10.0 Å². The van der Waals surface area contributed by atoms with E-state index in [4.69, 9.17) is 10.2 Å². The molecule has 0 atom stereocenters. The first-order chi connectivity index (χ1) is 5.95. The predicted octanol–water partition coefficient (Wildman–Crippen LogP) is 1.69. The molecule has 0 aromatic heterocycles. The van der Waals surface area contributed by atoms with Gasteiger partial charge in [-0.2, -0.15) is 0 Å². The monoisotopic (exact) mass is 309 g/mol. The largest absolute Gasteiger partial charge is 0.872 e. The molecule has 0 aliphatic carbocycles. The molecule has 0 heterocycles. The maximum atomic E-state index is 11.0. The number of hydrogen-bond donors (Lipinski definition) is 2. The molecule has 13 heavy (non-hydrogen) atoms. The van der Waals surface area contributed by atoms with Gasteiger partial charge in [0.2, 0.25) is 0 Å². The molecule has 6 heteroatoms. The van der Waals surface area contributed by atoms with Gasteiger partial charge < -0.3 is 15.3 Å². The van der Waals surface area contributed by atoms with E-state index in [1.165, 1.54) is 0 Å². The number of benzene rings is 1. The Labute approximate surface area is 90.1 Å². The van der Waals surface area contributed by atoms with Gasteiger partial charge in [0.1, 0.15) is 5.75 Å². The number of phenols is 1. The van der Waals surface area contributed by atoms with Crippen LogP contribution in [-0.4, -0.2) is 16.2 Å². The van der Waals surface area contributed by atoms with Crippen molar-refractivity contribution in [2.75, 3.05) is 0 Å². The van der Waals surface area contributed by atoms with E-state index in [1.54, 1.807) is 0 Å². The smallest absolute Gasteiger partial charge is 0.338 e. The van der Waals surface area contributed by atoms with Crippen LogP contribution < -0.4 is 5.11 Å². The van der Waals surface area contributed by atoms with Crippen molar-refractivity contribution >= 4 is 37.8 Å². The number of carboxylic acids is 1. The van der Waals surface area contributed by atoms with Gasteiger partial charge in [0.25, 0.3) is 0 Å². The molecule has 0 bridgehead atoms. The quantitative estimate of drug-likeness (QED) is 0.827. The van der Waals surface area contributed by atoms with Crippen molar-refractivity contribution in [3.05, 3.63) is 20.6 Å². The zero-order valence-electron chi connectivity index (χ0n) is 6.04. The topological polar surface area (TPSA) is 80.6 Å². The van der Waals surface area contributed by atoms with Crippen LogP contribution in [0.3, 0.4) is 0 Å². The van der Waals surface area contributed by atoms with Gasteiger partial charge in [-0.15, -0.1) is 0 Å². The molecule has 0 amide bonds. The molecule has 0 saturated heterocycles. The third-order valence-corrected chi connectivity index (χ3v) is 2.95. The molecular weight excluding hydrogens is 308 g/mol. The summed E-state index contributed by atoms with van der Waals surface area (Å²) in [6, 6.07) is 0.931. The van der Waals surface area contributed by atoms with E-state index in [0.717, 1.165) is 6.07 Å². The van der Waals surface area contributed by atoms with Crippen LogP contribution in [0.25, 0.3) is 0 Å². The molecule has 0 saturated carbocycles. The summed E-state index contributed by atoms with van der Waals surface area (Å²) in [5.74, 6) is -2.24. The summed E-state index contributed by atoms with van der Waals surface area (Å²) in [7, 11) is 0. The summed E-state index contributed by atoms with van der Waals surface area (Å²) in [6.07, 6.45) is 0. The second kappa shape index (κ2) is 3.55. The van der Waals surface area contributed by atoms with Crippen LogP contribution in [0.2, 0.25) is 0 Å². The summed E-state index contributed by atoms with van der Waals surface area (Å²) in [6.45, 7) is 0. The van der Waals surface area contributed by atoms with Gasteiger partial charge in [-0.3, -0.25) is 0 Å². The number of aromatic carboxylic acids is 1. The van der Waals surface area contributed by atoms with Gasteiger partial charge in [0.15, 0.2) is 0 Å². The molecule has 2 N–H and O–H groups in total. The number of rotatable bonds is 1. The molecular formula is C7H3Br2O4-. The third kappa shape index (κ3) is 1.78. The van der Waals surface area contributed by atoms with Crippen molar-refractivity contribution in [1.29, 1.82) is 0 Å². The number of hydrogen-bond acceptors (Lipinski definition) is 3. The van der Waals surface area contributed by atoms with E-state index in [0.29, 0.717) is 0 Å². The Bertz CT molecular complexity index is 349. The van der Waals surface area contributed by atoms with Gasteiger partial charge >= 0.3 is 5.97 Å². The lowest BCUT2D eigenvalue weighted by molar-refractivity contribution is -0.269. The lowest BCUT2D eigenvalue weighted by atomic mass is 10.2.